The van der Waals surface area contributed by atoms with Crippen LogP contribution < -0.4 is 0 Å². The average molecular weight is 206 g/mol. The first-order chi connectivity index (χ1) is 5.90. The molecule has 72 valence electrons. The normalized spacial score (nSPS) is 23.9. The van der Waals surface area contributed by atoms with Crippen molar-refractivity contribution >= 4 is 14.9 Å². The summed E-state index contributed by atoms with van der Waals surface area (Å²) in [7, 11) is -3.80. The molecular formula is C5H6N2O5S. The highest BCUT2D eigenvalue weighted by molar-refractivity contribution is 8.07. The van der Waals surface area contributed by atoms with Crippen molar-refractivity contribution in [3.8, 4) is 0 Å². The van der Waals surface area contributed by atoms with Crippen LogP contribution in [-0.4, -0.2) is 29.3 Å². The van der Waals surface area contributed by atoms with Crippen LogP contribution in [0.5, 0.6) is 0 Å². The van der Waals surface area contributed by atoms with E-state index < -0.39 is 31.3 Å². The van der Waals surface area contributed by atoms with Gasteiger partial charge < -0.3 is 5.21 Å². The molecule has 1 heterocycles. The second kappa shape index (κ2) is 2.80. The molecule has 13 heavy (non-hydrogen) atoms. The van der Waals surface area contributed by atoms with Crippen molar-refractivity contribution in [1.82, 2.24) is 0 Å². The fraction of sp³-hybridized carbons (Fsp3) is 0.400. The molecule has 8 heteroatoms. The smallest absolute Gasteiger partial charge is 0.267 e. The Bertz CT molecular complexity index is 418. The van der Waals surface area contributed by atoms with Crippen molar-refractivity contribution < 1.29 is 18.5 Å². The molecule has 1 aliphatic heterocycles. The van der Waals surface area contributed by atoms with Crippen molar-refractivity contribution in [1.29, 1.82) is 0 Å². The molecule has 7 nitrogen and oxygen atoms in total. The Labute approximate surface area is 73.4 Å². The van der Waals surface area contributed by atoms with Crippen LogP contribution in [-0.2, 0) is 9.84 Å². The van der Waals surface area contributed by atoms with Crippen LogP contribution in [0.2, 0.25) is 0 Å². The van der Waals surface area contributed by atoms with Gasteiger partial charge in [-0.15, -0.1) is 0 Å². The van der Waals surface area contributed by atoms with Gasteiger partial charge >= 0.3 is 0 Å². The first-order valence-corrected chi connectivity index (χ1v) is 4.84. The van der Waals surface area contributed by atoms with E-state index in [9.17, 15) is 18.5 Å². The molecule has 0 saturated heterocycles. The number of hydrogen-bond acceptors (Lipinski definition) is 6. The summed E-state index contributed by atoms with van der Waals surface area (Å²) in [5, 5.41) is 20.5. The number of hydrogen-bond donors (Lipinski definition) is 1. The molecule has 0 bridgehead atoms. The first-order valence-electron chi connectivity index (χ1n) is 3.19. The van der Waals surface area contributed by atoms with Crippen molar-refractivity contribution in [2.24, 2.45) is 5.16 Å². The zero-order chi connectivity index (χ0) is 10.2. The molecule has 0 aromatic carbocycles. The molecule has 0 radical (unpaired) electrons. The molecule has 0 aromatic heterocycles. The van der Waals surface area contributed by atoms with E-state index in [2.05, 4.69) is 5.16 Å². The largest absolute Gasteiger partial charge is 0.410 e. The molecule has 0 unspecified atom stereocenters. The SMILES string of the molecule is CC1=C([N+](=O)[O-])CS(=O)(=O)C1=NO. The Morgan fingerprint density at radius 1 is 1.62 bits per heavy atom. The number of nitro groups is 1. The van der Waals surface area contributed by atoms with Crippen molar-refractivity contribution in [3.63, 3.8) is 0 Å². The maximum absolute atomic E-state index is 11.1. The lowest BCUT2D eigenvalue weighted by Gasteiger charge is -1.90. The lowest BCUT2D eigenvalue weighted by atomic mass is 10.3. The van der Waals surface area contributed by atoms with Gasteiger partial charge in [0, 0.05) is 0 Å². The lowest BCUT2D eigenvalue weighted by molar-refractivity contribution is -0.424. The van der Waals surface area contributed by atoms with Crippen LogP contribution in [0.15, 0.2) is 16.4 Å². The highest BCUT2D eigenvalue weighted by Gasteiger charge is 2.40. The molecule has 1 aliphatic rings. The summed E-state index contributed by atoms with van der Waals surface area (Å²) in [6, 6.07) is 0. The Hall–Kier alpha value is -1.44. The second-order valence-electron chi connectivity index (χ2n) is 2.49. The quantitative estimate of drug-likeness (QED) is 0.361. The van der Waals surface area contributed by atoms with Crippen molar-refractivity contribution in [2.75, 3.05) is 5.75 Å². The van der Waals surface area contributed by atoms with Crippen LogP contribution in [0.4, 0.5) is 0 Å². The van der Waals surface area contributed by atoms with E-state index >= 15 is 0 Å². The molecule has 0 spiro atoms. The summed E-state index contributed by atoms with van der Waals surface area (Å²) in [6.07, 6.45) is 0. The molecule has 0 amide bonds. The highest BCUT2D eigenvalue weighted by Crippen LogP contribution is 2.22. The maximum Gasteiger partial charge on any atom is 0.267 e. The van der Waals surface area contributed by atoms with Crippen LogP contribution in [0, 0.1) is 10.1 Å². The van der Waals surface area contributed by atoms with E-state index in [1.54, 1.807) is 0 Å². The molecule has 0 saturated carbocycles. The van der Waals surface area contributed by atoms with E-state index in [1.165, 1.54) is 6.92 Å². The summed E-state index contributed by atoms with van der Waals surface area (Å²) in [5.74, 6) is -0.703. The molecule has 1 N–H and O–H groups in total. The standard InChI is InChI=1S/C5H6N2O5S/c1-3-4(7(9)10)2-13(11,12)5(3)6-8/h8H,2H2,1H3. The van der Waals surface area contributed by atoms with Gasteiger partial charge in [0.1, 0.15) is 5.75 Å². The summed E-state index contributed by atoms with van der Waals surface area (Å²) in [6.45, 7) is 1.23. The summed E-state index contributed by atoms with van der Waals surface area (Å²) in [5.41, 5.74) is -0.541. The lowest BCUT2D eigenvalue weighted by Crippen LogP contribution is -2.12. The second-order valence-corrected chi connectivity index (χ2v) is 4.40. The third kappa shape index (κ3) is 1.39. The highest BCUT2D eigenvalue weighted by atomic mass is 32.2. The summed E-state index contributed by atoms with van der Waals surface area (Å²) in [4.78, 5) is 9.52. The van der Waals surface area contributed by atoms with E-state index in [0.717, 1.165) is 0 Å². The zero-order valence-electron chi connectivity index (χ0n) is 6.59. The van der Waals surface area contributed by atoms with Crippen LogP contribution in [0.1, 0.15) is 6.92 Å². The Morgan fingerprint density at radius 2 is 2.15 bits per heavy atom. The average Bonchev–Trinajstić information content (AvgIpc) is 2.22. The van der Waals surface area contributed by atoms with Gasteiger partial charge in [0.15, 0.2) is 0 Å². The Morgan fingerprint density at radius 3 is 2.38 bits per heavy atom. The van der Waals surface area contributed by atoms with E-state index in [0.29, 0.717) is 0 Å². The number of nitrogens with zero attached hydrogens (tertiary/aromatic N) is 2. The van der Waals surface area contributed by atoms with Crippen LogP contribution >= 0.6 is 0 Å². The van der Waals surface area contributed by atoms with E-state index in [-0.39, 0.29) is 5.57 Å². The third-order valence-corrected chi connectivity index (χ3v) is 3.32. The molecule has 0 fully saturated rings. The van der Waals surface area contributed by atoms with Gasteiger partial charge in [-0.3, -0.25) is 10.1 Å². The van der Waals surface area contributed by atoms with Crippen LogP contribution in [0.25, 0.3) is 0 Å². The number of sulfone groups is 1. The van der Waals surface area contributed by atoms with E-state index in [4.69, 9.17) is 5.21 Å². The minimum atomic E-state index is -3.80. The zero-order valence-corrected chi connectivity index (χ0v) is 7.41. The predicted molar refractivity (Wildman–Crippen MR) is 42.7 cm³/mol. The molecule has 0 atom stereocenters. The fourth-order valence-electron chi connectivity index (χ4n) is 1.04. The number of rotatable bonds is 1. The third-order valence-electron chi connectivity index (χ3n) is 1.69. The molecule has 0 aromatic rings. The van der Waals surface area contributed by atoms with Crippen molar-refractivity contribution in [2.45, 2.75) is 6.92 Å². The van der Waals surface area contributed by atoms with Crippen molar-refractivity contribution in [3.05, 3.63) is 21.4 Å². The van der Waals surface area contributed by atoms with Gasteiger partial charge in [-0.25, -0.2) is 8.42 Å². The van der Waals surface area contributed by atoms with Gasteiger partial charge in [0.2, 0.25) is 14.9 Å². The molecule has 0 aliphatic carbocycles. The van der Waals surface area contributed by atoms with Gasteiger partial charge in [0.25, 0.3) is 5.70 Å². The topological polar surface area (TPSA) is 110 Å². The van der Waals surface area contributed by atoms with Gasteiger partial charge in [0.05, 0.1) is 10.5 Å². The summed E-state index contributed by atoms with van der Waals surface area (Å²) < 4.78 is 22.2. The van der Waals surface area contributed by atoms with E-state index in [1.807, 2.05) is 0 Å². The predicted octanol–water partition coefficient (Wildman–Crippen LogP) is -0.247. The molecular weight excluding hydrogens is 200 g/mol. The van der Waals surface area contributed by atoms with Gasteiger partial charge in [-0.05, 0) is 6.92 Å². The minimum absolute atomic E-state index is 0.104. The maximum atomic E-state index is 11.1. The van der Waals surface area contributed by atoms with Gasteiger partial charge in [-0.1, -0.05) is 5.16 Å². The minimum Gasteiger partial charge on any atom is -0.410 e. The Kier molecular flexibility index (Phi) is 2.08. The number of oxime groups is 1. The monoisotopic (exact) mass is 206 g/mol. The first kappa shape index (κ1) is 9.65. The van der Waals surface area contributed by atoms with Gasteiger partial charge in [-0.2, -0.15) is 0 Å². The summed E-state index contributed by atoms with van der Waals surface area (Å²) >= 11 is 0. The Balaban J connectivity index is 3.34. The molecule has 1 rings (SSSR count). The van der Waals surface area contributed by atoms with Crippen LogP contribution in [0.3, 0.4) is 0 Å². The fourth-order valence-corrected chi connectivity index (χ4v) is 2.57.